The van der Waals surface area contributed by atoms with Crippen LogP contribution in [-0.2, 0) is 11.3 Å². The summed E-state index contributed by atoms with van der Waals surface area (Å²) in [5.74, 6) is 1.98. The normalized spacial score (nSPS) is 18.2. The van der Waals surface area contributed by atoms with Gasteiger partial charge in [-0.15, -0.1) is 0 Å². The SMILES string of the molecule is COc1ccc(C(C)/C=C\c2c(N)nc(N)nc2N2CCOC[C@@H]2C)cc1CO. The summed E-state index contributed by atoms with van der Waals surface area (Å²) in [5, 5.41) is 9.57. The monoisotopic (exact) mass is 399 g/mol. The second-order valence-electron chi connectivity index (χ2n) is 7.20. The third-order valence-electron chi connectivity index (χ3n) is 5.16. The van der Waals surface area contributed by atoms with Crippen molar-refractivity contribution in [3.05, 3.63) is 41.0 Å². The lowest BCUT2D eigenvalue weighted by Crippen LogP contribution is -2.44. The van der Waals surface area contributed by atoms with Gasteiger partial charge in [0.2, 0.25) is 5.95 Å². The van der Waals surface area contributed by atoms with Crippen molar-refractivity contribution in [2.24, 2.45) is 0 Å². The fourth-order valence-corrected chi connectivity index (χ4v) is 3.47. The van der Waals surface area contributed by atoms with E-state index in [2.05, 4.69) is 28.7 Å². The molecule has 156 valence electrons. The van der Waals surface area contributed by atoms with Crippen LogP contribution in [0, 0.1) is 0 Å². The fourth-order valence-electron chi connectivity index (χ4n) is 3.47. The van der Waals surface area contributed by atoms with Crippen molar-refractivity contribution in [2.75, 3.05) is 43.2 Å². The van der Waals surface area contributed by atoms with Gasteiger partial charge in [-0.25, -0.2) is 0 Å². The average Bonchev–Trinajstić information content (AvgIpc) is 2.72. The molecule has 8 nitrogen and oxygen atoms in total. The highest BCUT2D eigenvalue weighted by Crippen LogP contribution is 2.30. The van der Waals surface area contributed by atoms with Gasteiger partial charge in [0.05, 0.1) is 38.5 Å². The number of benzene rings is 1. The molecule has 2 atom stereocenters. The Bertz CT molecular complexity index is 887. The van der Waals surface area contributed by atoms with Crippen LogP contribution in [0.2, 0.25) is 0 Å². The Hall–Kier alpha value is -2.84. The van der Waals surface area contributed by atoms with Crippen molar-refractivity contribution in [1.29, 1.82) is 0 Å². The van der Waals surface area contributed by atoms with Crippen molar-refractivity contribution in [3.63, 3.8) is 0 Å². The lowest BCUT2D eigenvalue weighted by Gasteiger charge is -2.35. The van der Waals surface area contributed by atoms with Gasteiger partial charge < -0.3 is 30.9 Å². The van der Waals surface area contributed by atoms with Gasteiger partial charge in [0.15, 0.2) is 0 Å². The molecule has 0 radical (unpaired) electrons. The van der Waals surface area contributed by atoms with E-state index in [-0.39, 0.29) is 24.5 Å². The molecule has 2 heterocycles. The van der Waals surface area contributed by atoms with Crippen LogP contribution in [0.1, 0.15) is 36.5 Å². The number of hydrogen-bond acceptors (Lipinski definition) is 8. The Morgan fingerprint density at radius 3 is 2.86 bits per heavy atom. The number of nitrogen functional groups attached to an aromatic ring is 2. The summed E-state index contributed by atoms with van der Waals surface area (Å²) >= 11 is 0. The van der Waals surface area contributed by atoms with Crippen molar-refractivity contribution in [2.45, 2.75) is 32.4 Å². The number of morpholine rings is 1. The van der Waals surface area contributed by atoms with Gasteiger partial charge in [0.1, 0.15) is 17.4 Å². The molecule has 1 aliphatic heterocycles. The Balaban J connectivity index is 1.92. The van der Waals surface area contributed by atoms with E-state index in [1.165, 1.54) is 0 Å². The maximum Gasteiger partial charge on any atom is 0.223 e. The summed E-state index contributed by atoms with van der Waals surface area (Å²) in [7, 11) is 1.59. The molecular formula is C21H29N5O3. The van der Waals surface area contributed by atoms with Crippen LogP contribution in [0.3, 0.4) is 0 Å². The van der Waals surface area contributed by atoms with E-state index >= 15 is 0 Å². The Kier molecular flexibility index (Phi) is 6.56. The number of aliphatic hydroxyl groups is 1. The van der Waals surface area contributed by atoms with E-state index < -0.39 is 0 Å². The zero-order valence-electron chi connectivity index (χ0n) is 17.1. The van der Waals surface area contributed by atoms with Crippen LogP contribution in [0.5, 0.6) is 5.75 Å². The van der Waals surface area contributed by atoms with Crippen LogP contribution in [-0.4, -0.2) is 48.0 Å². The van der Waals surface area contributed by atoms with Crippen molar-refractivity contribution >= 4 is 23.7 Å². The van der Waals surface area contributed by atoms with Gasteiger partial charge in [0.25, 0.3) is 0 Å². The zero-order chi connectivity index (χ0) is 21.0. The summed E-state index contributed by atoms with van der Waals surface area (Å²) < 4.78 is 10.8. The number of aliphatic hydroxyl groups excluding tert-OH is 1. The molecule has 0 saturated carbocycles. The van der Waals surface area contributed by atoms with Crippen molar-refractivity contribution < 1.29 is 14.6 Å². The number of allylic oxidation sites excluding steroid dienone is 1. The van der Waals surface area contributed by atoms with Gasteiger partial charge in [-0.3, -0.25) is 0 Å². The maximum absolute atomic E-state index is 9.57. The predicted octanol–water partition coefficient (Wildman–Crippen LogP) is 2.18. The zero-order valence-corrected chi connectivity index (χ0v) is 17.1. The molecule has 1 aliphatic rings. The van der Waals surface area contributed by atoms with Crippen LogP contribution in [0.15, 0.2) is 24.3 Å². The molecule has 1 aromatic heterocycles. The number of hydrogen-bond donors (Lipinski definition) is 3. The van der Waals surface area contributed by atoms with E-state index in [4.69, 9.17) is 20.9 Å². The van der Waals surface area contributed by atoms with Crippen LogP contribution >= 0.6 is 0 Å². The van der Waals surface area contributed by atoms with Crippen molar-refractivity contribution in [3.8, 4) is 5.75 Å². The molecule has 5 N–H and O–H groups in total. The highest BCUT2D eigenvalue weighted by atomic mass is 16.5. The Morgan fingerprint density at radius 2 is 2.17 bits per heavy atom. The minimum Gasteiger partial charge on any atom is -0.496 e. The average molecular weight is 399 g/mol. The largest absolute Gasteiger partial charge is 0.496 e. The lowest BCUT2D eigenvalue weighted by molar-refractivity contribution is 0.0985. The standard InChI is InChI=1S/C21H29N5O3/c1-13(15-5-7-18(28-3)16(10-15)11-27)4-6-17-19(22)24-21(23)25-20(17)26-8-9-29-12-14(26)2/h4-7,10,13-14,27H,8-9,11-12H2,1-3H3,(H4,22,23,24,25)/b6-4-/t13?,14-/m0/s1. The summed E-state index contributed by atoms with van der Waals surface area (Å²) in [6.07, 6.45) is 3.99. The van der Waals surface area contributed by atoms with E-state index in [1.54, 1.807) is 7.11 Å². The highest BCUT2D eigenvalue weighted by Gasteiger charge is 2.24. The molecule has 1 fully saturated rings. The first kappa shape index (κ1) is 20.9. The van der Waals surface area contributed by atoms with Gasteiger partial charge in [-0.2, -0.15) is 9.97 Å². The molecular weight excluding hydrogens is 370 g/mol. The lowest BCUT2D eigenvalue weighted by atomic mass is 9.97. The van der Waals surface area contributed by atoms with Crippen molar-refractivity contribution in [1.82, 2.24) is 9.97 Å². The predicted molar refractivity (Wildman–Crippen MR) is 115 cm³/mol. The van der Waals surface area contributed by atoms with Gasteiger partial charge in [0, 0.05) is 12.1 Å². The van der Waals surface area contributed by atoms with E-state index in [9.17, 15) is 5.11 Å². The molecule has 8 heteroatoms. The molecule has 1 saturated heterocycles. The highest BCUT2D eigenvalue weighted by molar-refractivity contribution is 5.74. The number of nitrogens with zero attached hydrogens (tertiary/aromatic N) is 3. The third kappa shape index (κ3) is 4.60. The first-order valence-electron chi connectivity index (χ1n) is 9.67. The van der Waals surface area contributed by atoms with Gasteiger partial charge in [-0.05, 0) is 30.5 Å². The number of nitrogens with two attached hydrogens (primary N) is 2. The van der Waals surface area contributed by atoms with Crippen LogP contribution in [0.4, 0.5) is 17.6 Å². The Morgan fingerprint density at radius 1 is 1.38 bits per heavy atom. The quantitative estimate of drug-likeness (QED) is 0.676. The van der Waals surface area contributed by atoms with E-state index in [0.29, 0.717) is 31.3 Å². The molecule has 0 spiro atoms. The molecule has 3 rings (SSSR count). The summed E-state index contributed by atoms with van der Waals surface area (Å²) in [4.78, 5) is 10.8. The van der Waals surface area contributed by atoms with Gasteiger partial charge >= 0.3 is 0 Å². The molecule has 0 bridgehead atoms. The molecule has 0 amide bonds. The van der Waals surface area contributed by atoms with Crippen LogP contribution < -0.4 is 21.1 Å². The van der Waals surface area contributed by atoms with Crippen LogP contribution in [0.25, 0.3) is 6.08 Å². The number of methoxy groups -OCH3 is 1. The molecule has 1 unspecified atom stereocenters. The summed E-state index contributed by atoms with van der Waals surface area (Å²) in [6.45, 7) is 6.04. The van der Waals surface area contributed by atoms with E-state index in [0.717, 1.165) is 22.5 Å². The number of rotatable bonds is 6. The smallest absolute Gasteiger partial charge is 0.223 e. The number of ether oxygens (including phenoxy) is 2. The second-order valence-corrected chi connectivity index (χ2v) is 7.20. The van der Waals surface area contributed by atoms with Gasteiger partial charge in [-0.1, -0.05) is 25.1 Å². The number of aromatic nitrogens is 2. The van der Waals surface area contributed by atoms with E-state index in [1.807, 2.05) is 30.4 Å². The topological polar surface area (TPSA) is 120 Å². The Labute approximate surface area is 171 Å². The third-order valence-corrected chi connectivity index (χ3v) is 5.16. The molecule has 0 aliphatic carbocycles. The first-order valence-corrected chi connectivity index (χ1v) is 9.67. The summed E-state index contributed by atoms with van der Waals surface area (Å²) in [6, 6.07) is 5.96. The first-order chi connectivity index (χ1) is 13.9. The fraction of sp³-hybridized carbons (Fsp3) is 0.429. The summed E-state index contributed by atoms with van der Waals surface area (Å²) in [5.41, 5.74) is 14.6. The number of anilines is 3. The molecule has 29 heavy (non-hydrogen) atoms. The molecule has 2 aromatic rings. The molecule has 1 aromatic carbocycles. The minimum atomic E-state index is -0.0781. The second kappa shape index (κ2) is 9.11. The maximum atomic E-state index is 9.57. The minimum absolute atomic E-state index is 0.0781.